The Hall–Kier alpha value is -1.69. The first-order chi connectivity index (χ1) is 8.75. The second kappa shape index (κ2) is 4.53. The Morgan fingerprint density at radius 3 is 3.00 bits per heavy atom. The minimum atomic E-state index is -0.000378. The molecule has 0 radical (unpaired) electrons. The van der Waals surface area contributed by atoms with Crippen LogP contribution in [-0.2, 0) is 18.3 Å². The number of rotatable bonds is 2. The zero-order valence-corrected chi connectivity index (χ0v) is 10.4. The standard InChI is InChI=1S/C12H16N4O2/c1-15-11-10(6-14-15)12(17)16(8-13-11)7-9-2-4-18-5-3-9/h6,8-9H,2-5,7H2,1H3. The molecule has 6 nitrogen and oxygen atoms in total. The number of fused-ring (bicyclic) bond motifs is 1. The van der Waals surface area contributed by atoms with Crippen molar-refractivity contribution in [2.45, 2.75) is 19.4 Å². The first kappa shape index (κ1) is 11.4. The number of ether oxygens (including phenoxy) is 1. The highest BCUT2D eigenvalue weighted by molar-refractivity contribution is 5.72. The number of nitrogens with zero attached hydrogens (tertiary/aromatic N) is 4. The van der Waals surface area contributed by atoms with Crippen LogP contribution in [0.4, 0.5) is 0 Å². The van der Waals surface area contributed by atoms with Gasteiger partial charge in [0.05, 0.1) is 12.5 Å². The van der Waals surface area contributed by atoms with Crippen LogP contribution < -0.4 is 5.56 Å². The van der Waals surface area contributed by atoms with Gasteiger partial charge in [0, 0.05) is 26.8 Å². The molecule has 2 aromatic heterocycles. The second-order valence-electron chi connectivity index (χ2n) is 4.76. The minimum Gasteiger partial charge on any atom is -0.381 e. The molecule has 0 aromatic carbocycles. The van der Waals surface area contributed by atoms with Crippen molar-refractivity contribution in [3.63, 3.8) is 0 Å². The summed E-state index contributed by atoms with van der Waals surface area (Å²) in [6, 6.07) is 0. The van der Waals surface area contributed by atoms with E-state index in [0.717, 1.165) is 32.6 Å². The van der Waals surface area contributed by atoms with E-state index in [1.165, 1.54) is 0 Å². The van der Waals surface area contributed by atoms with Crippen molar-refractivity contribution in [1.82, 2.24) is 19.3 Å². The van der Waals surface area contributed by atoms with E-state index in [4.69, 9.17) is 4.74 Å². The van der Waals surface area contributed by atoms with Gasteiger partial charge >= 0.3 is 0 Å². The molecule has 18 heavy (non-hydrogen) atoms. The van der Waals surface area contributed by atoms with Gasteiger partial charge in [-0.2, -0.15) is 5.10 Å². The van der Waals surface area contributed by atoms with Gasteiger partial charge in [0.2, 0.25) is 0 Å². The Morgan fingerprint density at radius 1 is 1.44 bits per heavy atom. The van der Waals surface area contributed by atoms with Crippen molar-refractivity contribution in [2.75, 3.05) is 13.2 Å². The summed E-state index contributed by atoms with van der Waals surface area (Å²) < 4.78 is 8.64. The number of hydrogen-bond donors (Lipinski definition) is 0. The average molecular weight is 248 g/mol. The number of hydrogen-bond acceptors (Lipinski definition) is 4. The molecule has 1 aliphatic rings. The summed E-state index contributed by atoms with van der Waals surface area (Å²) in [5, 5.41) is 4.66. The monoisotopic (exact) mass is 248 g/mol. The summed E-state index contributed by atoms with van der Waals surface area (Å²) in [4.78, 5) is 16.6. The van der Waals surface area contributed by atoms with Crippen LogP contribution in [0.25, 0.3) is 11.0 Å². The van der Waals surface area contributed by atoms with Crippen LogP contribution in [0, 0.1) is 5.92 Å². The van der Waals surface area contributed by atoms with E-state index in [0.29, 0.717) is 17.0 Å². The first-order valence-corrected chi connectivity index (χ1v) is 6.20. The maximum atomic E-state index is 12.3. The molecule has 0 amide bonds. The molecular formula is C12H16N4O2. The van der Waals surface area contributed by atoms with Crippen LogP contribution in [0.1, 0.15) is 12.8 Å². The molecule has 0 spiro atoms. The Morgan fingerprint density at radius 2 is 2.22 bits per heavy atom. The highest BCUT2D eigenvalue weighted by atomic mass is 16.5. The molecule has 0 N–H and O–H groups in total. The fourth-order valence-corrected chi connectivity index (χ4v) is 2.40. The molecule has 6 heteroatoms. The lowest BCUT2D eigenvalue weighted by Crippen LogP contribution is -2.27. The summed E-state index contributed by atoms with van der Waals surface area (Å²) in [6.07, 6.45) is 5.24. The lowest BCUT2D eigenvalue weighted by Gasteiger charge is -2.22. The Balaban J connectivity index is 1.92. The molecule has 0 aliphatic carbocycles. The van der Waals surface area contributed by atoms with E-state index in [2.05, 4.69) is 10.1 Å². The minimum absolute atomic E-state index is 0.000378. The van der Waals surface area contributed by atoms with E-state index < -0.39 is 0 Å². The Kier molecular flexibility index (Phi) is 2.87. The number of aryl methyl sites for hydroxylation is 1. The molecule has 0 saturated carbocycles. The maximum Gasteiger partial charge on any atom is 0.264 e. The Labute approximate surface area is 104 Å². The lowest BCUT2D eigenvalue weighted by molar-refractivity contribution is 0.0609. The van der Waals surface area contributed by atoms with Crippen LogP contribution in [0.15, 0.2) is 17.3 Å². The van der Waals surface area contributed by atoms with Crippen LogP contribution in [-0.4, -0.2) is 32.5 Å². The van der Waals surface area contributed by atoms with E-state index in [1.54, 1.807) is 28.8 Å². The molecule has 96 valence electrons. The predicted molar refractivity (Wildman–Crippen MR) is 66.3 cm³/mol. The van der Waals surface area contributed by atoms with E-state index >= 15 is 0 Å². The van der Waals surface area contributed by atoms with E-state index in [9.17, 15) is 4.79 Å². The zero-order chi connectivity index (χ0) is 12.5. The molecule has 2 aromatic rings. The zero-order valence-electron chi connectivity index (χ0n) is 10.4. The highest BCUT2D eigenvalue weighted by Gasteiger charge is 2.16. The van der Waals surface area contributed by atoms with Crippen molar-refractivity contribution < 1.29 is 4.74 Å². The van der Waals surface area contributed by atoms with E-state index in [-0.39, 0.29) is 5.56 Å². The third-order valence-electron chi connectivity index (χ3n) is 3.51. The van der Waals surface area contributed by atoms with Crippen molar-refractivity contribution in [3.8, 4) is 0 Å². The van der Waals surface area contributed by atoms with E-state index in [1.807, 2.05) is 0 Å². The summed E-state index contributed by atoms with van der Waals surface area (Å²) in [5.74, 6) is 0.507. The van der Waals surface area contributed by atoms with Gasteiger partial charge < -0.3 is 4.74 Å². The van der Waals surface area contributed by atoms with Crippen molar-refractivity contribution >= 4 is 11.0 Å². The van der Waals surface area contributed by atoms with Crippen LogP contribution in [0.2, 0.25) is 0 Å². The van der Waals surface area contributed by atoms with Gasteiger partial charge in [-0.05, 0) is 18.8 Å². The molecule has 0 bridgehead atoms. The predicted octanol–water partition coefficient (Wildman–Crippen LogP) is 0.557. The molecule has 3 rings (SSSR count). The molecule has 0 unspecified atom stereocenters. The molecule has 3 heterocycles. The van der Waals surface area contributed by atoms with Gasteiger partial charge in [-0.25, -0.2) is 4.98 Å². The molecule has 1 saturated heterocycles. The van der Waals surface area contributed by atoms with Crippen molar-refractivity contribution in [3.05, 3.63) is 22.9 Å². The molecule has 0 atom stereocenters. The van der Waals surface area contributed by atoms with Crippen LogP contribution >= 0.6 is 0 Å². The smallest absolute Gasteiger partial charge is 0.264 e. The van der Waals surface area contributed by atoms with Crippen molar-refractivity contribution in [2.24, 2.45) is 13.0 Å². The average Bonchev–Trinajstić information content (AvgIpc) is 2.77. The topological polar surface area (TPSA) is 61.9 Å². The lowest BCUT2D eigenvalue weighted by atomic mass is 10.0. The van der Waals surface area contributed by atoms with Crippen LogP contribution in [0.3, 0.4) is 0 Å². The SMILES string of the molecule is Cn1ncc2c(=O)n(CC3CCOCC3)cnc21. The molecule has 1 aliphatic heterocycles. The van der Waals surface area contributed by atoms with Crippen LogP contribution in [0.5, 0.6) is 0 Å². The fraction of sp³-hybridized carbons (Fsp3) is 0.583. The fourth-order valence-electron chi connectivity index (χ4n) is 2.40. The highest BCUT2D eigenvalue weighted by Crippen LogP contribution is 2.16. The number of aromatic nitrogens is 4. The van der Waals surface area contributed by atoms with Crippen molar-refractivity contribution in [1.29, 1.82) is 0 Å². The quantitative estimate of drug-likeness (QED) is 0.779. The first-order valence-electron chi connectivity index (χ1n) is 6.20. The van der Waals surface area contributed by atoms with Gasteiger partial charge in [0.25, 0.3) is 5.56 Å². The van der Waals surface area contributed by atoms with Gasteiger partial charge in [-0.15, -0.1) is 0 Å². The normalized spacial score (nSPS) is 17.4. The molecule has 1 fully saturated rings. The third-order valence-corrected chi connectivity index (χ3v) is 3.51. The summed E-state index contributed by atoms with van der Waals surface area (Å²) >= 11 is 0. The maximum absolute atomic E-state index is 12.3. The van der Waals surface area contributed by atoms with Gasteiger partial charge in [0.15, 0.2) is 5.65 Å². The summed E-state index contributed by atoms with van der Waals surface area (Å²) in [7, 11) is 1.79. The molecular weight excluding hydrogens is 232 g/mol. The van der Waals surface area contributed by atoms with Gasteiger partial charge in [-0.1, -0.05) is 0 Å². The van der Waals surface area contributed by atoms with Gasteiger partial charge in [-0.3, -0.25) is 14.0 Å². The largest absolute Gasteiger partial charge is 0.381 e. The second-order valence-corrected chi connectivity index (χ2v) is 4.76. The third kappa shape index (κ3) is 1.92. The summed E-state index contributed by atoms with van der Waals surface area (Å²) in [5.41, 5.74) is 0.641. The summed E-state index contributed by atoms with van der Waals surface area (Å²) in [6.45, 7) is 2.31. The Bertz CT molecular complexity index is 610. The van der Waals surface area contributed by atoms with Gasteiger partial charge in [0.1, 0.15) is 5.39 Å².